The van der Waals surface area contributed by atoms with Crippen LogP contribution >= 0.6 is 22.7 Å². The van der Waals surface area contributed by atoms with E-state index in [0.717, 1.165) is 11.1 Å². The number of nitrogens with zero attached hydrogens (tertiary/aromatic N) is 4. The van der Waals surface area contributed by atoms with Gasteiger partial charge in [-0.05, 0) is 22.6 Å². The molecule has 1 aromatic carbocycles. The average Bonchev–Trinajstić information content (AvgIpc) is 3.50. The first-order chi connectivity index (χ1) is 14.7. The predicted molar refractivity (Wildman–Crippen MR) is 116 cm³/mol. The molecule has 0 unspecified atom stereocenters. The fraction of sp³-hybridized carbons (Fsp3) is 0.150. The number of amides is 2. The van der Waals surface area contributed by atoms with Gasteiger partial charge in [0.2, 0.25) is 5.91 Å². The van der Waals surface area contributed by atoms with Gasteiger partial charge >= 0.3 is 0 Å². The number of hydrogen-bond donors (Lipinski definition) is 2. The van der Waals surface area contributed by atoms with Gasteiger partial charge in [-0.3, -0.25) is 14.9 Å². The Kier molecular flexibility index (Phi) is 6.26. The molecule has 0 fully saturated rings. The van der Waals surface area contributed by atoms with Crippen molar-refractivity contribution in [2.75, 3.05) is 5.32 Å². The van der Waals surface area contributed by atoms with E-state index in [1.807, 2.05) is 35.7 Å². The molecule has 8 nitrogen and oxygen atoms in total. The summed E-state index contributed by atoms with van der Waals surface area (Å²) in [4.78, 5) is 33.2. The Morgan fingerprint density at radius 2 is 2.00 bits per heavy atom. The molecule has 0 bridgehead atoms. The van der Waals surface area contributed by atoms with Crippen LogP contribution in [0, 0.1) is 0 Å². The first-order valence-electron chi connectivity index (χ1n) is 9.12. The van der Waals surface area contributed by atoms with Crippen LogP contribution in [0.1, 0.15) is 26.5 Å². The van der Waals surface area contributed by atoms with Crippen molar-refractivity contribution in [3.63, 3.8) is 0 Å². The molecule has 3 aromatic heterocycles. The summed E-state index contributed by atoms with van der Waals surface area (Å²) in [6.45, 7) is 1.05. The Labute approximate surface area is 180 Å². The van der Waals surface area contributed by atoms with Gasteiger partial charge in [0, 0.05) is 11.9 Å². The van der Waals surface area contributed by atoms with E-state index in [2.05, 4.69) is 25.7 Å². The van der Waals surface area contributed by atoms with Gasteiger partial charge in [-0.2, -0.15) is 5.10 Å². The van der Waals surface area contributed by atoms with E-state index in [-0.39, 0.29) is 18.2 Å². The second kappa shape index (κ2) is 9.42. The summed E-state index contributed by atoms with van der Waals surface area (Å²) in [6, 6.07) is 11.5. The summed E-state index contributed by atoms with van der Waals surface area (Å²) in [7, 11) is 0. The van der Waals surface area contributed by atoms with Crippen molar-refractivity contribution >= 4 is 39.6 Å². The number of aromatic nitrogens is 4. The summed E-state index contributed by atoms with van der Waals surface area (Å²) in [5.74, 6) is -0.320. The van der Waals surface area contributed by atoms with Gasteiger partial charge in [-0.1, -0.05) is 30.3 Å². The Morgan fingerprint density at radius 1 is 1.10 bits per heavy atom. The molecule has 0 aliphatic rings. The monoisotopic (exact) mass is 438 g/mol. The number of carbonyl (C=O) groups is 2. The van der Waals surface area contributed by atoms with E-state index < -0.39 is 0 Å². The van der Waals surface area contributed by atoms with Crippen molar-refractivity contribution in [2.24, 2.45) is 0 Å². The van der Waals surface area contributed by atoms with Crippen molar-refractivity contribution in [3.05, 3.63) is 81.5 Å². The van der Waals surface area contributed by atoms with Crippen molar-refractivity contribution in [1.82, 2.24) is 25.1 Å². The molecule has 0 saturated carbocycles. The van der Waals surface area contributed by atoms with Crippen LogP contribution in [0.25, 0.3) is 0 Å². The van der Waals surface area contributed by atoms with E-state index in [9.17, 15) is 9.59 Å². The fourth-order valence-electron chi connectivity index (χ4n) is 2.78. The molecule has 10 heteroatoms. The molecular weight excluding hydrogens is 420 g/mol. The van der Waals surface area contributed by atoms with E-state index in [1.165, 1.54) is 29.0 Å². The Morgan fingerprint density at radius 3 is 2.80 bits per heavy atom. The van der Waals surface area contributed by atoms with Gasteiger partial charge in [0.25, 0.3) is 5.91 Å². The van der Waals surface area contributed by atoms with E-state index in [1.54, 1.807) is 22.5 Å². The normalized spacial score (nSPS) is 10.7. The SMILES string of the molecule is O=C(Cc1csc(NC(=O)c2cccs2)n1)NCc1cccc(Cn2cncn2)c1. The molecule has 0 aliphatic carbocycles. The number of rotatable bonds is 8. The smallest absolute Gasteiger partial charge is 0.267 e. The van der Waals surface area contributed by atoms with Crippen LogP contribution in [0.3, 0.4) is 0 Å². The average molecular weight is 439 g/mol. The highest BCUT2D eigenvalue weighted by atomic mass is 32.1. The lowest BCUT2D eigenvalue weighted by atomic mass is 10.1. The molecule has 152 valence electrons. The lowest BCUT2D eigenvalue weighted by Crippen LogP contribution is -2.24. The van der Waals surface area contributed by atoms with E-state index in [4.69, 9.17) is 0 Å². The summed E-state index contributed by atoms with van der Waals surface area (Å²) in [5.41, 5.74) is 2.71. The first kappa shape index (κ1) is 19.9. The highest BCUT2D eigenvalue weighted by molar-refractivity contribution is 7.14. The molecule has 4 aromatic rings. The standard InChI is InChI=1S/C20H18N6O2S2/c27-18(8-16-11-30-20(24-16)25-19(28)17-5-2-6-29-17)22-9-14-3-1-4-15(7-14)10-26-13-21-12-23-26/h1-7,11-13H,8-10H2,(H,22,27)(H,24,25,28). The van der Waals surface area contributed by atoms with E-state index >= 15 is 0 Å². The highest BCUT2D eigenvalue weighted by Crippen LogP contribution is 2.18. The van der Waals surface area contributed by atoms with Crippen LogP contribution in [-0.2, 0) is 24.3 Å². The fourth-order valence-corrected chi connectivity index (χ4v) is 4.10. The molecule has 4 rings (SSSR count). The molecular formula is C20H18N6O2S2. The van der Waals surface area contributed by atoms with Gasteiger partial charge in [0.15, 0.2) is 5.13 Å². The number of nitrogens with one attached hydrogen (secondary N) is 2. The third-order valence-corrected chi connectivity index (χ3v) is 5.83. The minimum Gasteiger partial charge on any atom is -0.352 e. The van der Waals surface area contributed by atoms with Crippen LogP contribution in [-0.4, -0.2) is 31.6 Å². The van der Waals surface area contributed by atoms with Gasteiger partial charge in [-0.15, -0.1) is 22.7 Å². The van der Waals surface area contributed by atoms with Crippen molar-refractivity contribution < 1.29 is 9.59 Å². The third-order valence-electron chi connectivity index (χ3n) is 4.15. The Bertz CT molecular complexity index is 1120. The molecule has 2 amide bonds. The number of anilines is 1. The molecule has 30 heavy (non-hydrogen) atoms. The maximum absolute atomic E-state index is 12.3. The molecule has 2 N–H and O–H groups in total. The van der Waals surface area contributed by atoms with Crippen LogP contribution in [0.15, 0.2) is 59.8 Å². The summed E-state index contributed by atoms with van der Waals surface area (Å²) >= 11 is 2.67. The van der Waals surface area contributed by atoms with Gasteiger partial charge in [0.05, 0.1) is 23.5 Å². The predicted octanol–water partition coefficient (Wildman–Crippen LogP) is 2.96. The molecule has 0 atom stereocenters. The zero-order chi connectivity index (χ0) is 20.8. The van der Waals surface area contributed by atoms with Crippen molar-refractivity contribution in [1.29, 1.82) is 0 Å². The lowest BCUT2D eigenvalue weighted by Gasteiger charge is -2.07. The highest BCUT2D eigenvalue weighted by Gasteiger charge is 2.12. The van der Waals surface area contributed by atoms with Crippen LogP contribution in [0.2, 0.25) is 0 Å². The minimum absolute atomic E-state index is 0.127. The number of thiophene rings is 1. The molecule has 0 spiro atoms. The van der Waals surface area contributed by atoms with Crippen LogP contribution in [0.5, 0.6) is 0 Å². The Hall–Kier alpha value is -3.37. The zero-order valence-corrected chi connectivity index (χ0v) is 17.4. The second-order valence-corrected chi connectivity index (χ2v) is 8.25. The maximum atomic E-state index is 12.3. The molecule has 0 saturated heterocycles. The summed E-state index contributed by atoms with van der Waals surface area (Å²) in [5, 5.41) is 13.9. The topological polar surface area (TPSA) is 102 Å². The van der Waals surface area contributed by atoms with Gasteiger partial charge < -0.3 is 5.32 Å². The number of thiazole rings is 1. The maximum Gasteiger partial charge on any atom is 0.267 e. The second-order valence-electron chi connectivity index (χ2n) is 6.44. The zero-order valence-electron chi connectivity index (χ0n) is 15.8. The minimum atomic E-state index is -0.193. The Balaban J connectivity index is 1.27. The molecule has 0 radical (unpaired) electrons. The number of carbonyl (C=O) groups excluding carboxylic acids is 2. The first-order valence-corrected chi connectivity index (χ1v) is 10.9. The summed E-state index contributed by atoms with van der Waals surface area (Å²) < 4.78 is 1.74. The van der Waals surface area contributed by atoms with Crippen LogP contribution in [0.4, 0.5) is 5.13 Å². The van der Waals surface area contributed by atoms with Crippen molar-refractivity contribution in [2.45, 2.75) is 19.5 Å². The quantitative estimate of drug-likeness (QED) is 0.440. The largest absolute Gasteiger partial charge is 0.352 e. The molecule has 0 aliphatic heterocycles. The van der Waals surface area contributed by atoms with Crippen LogP contribution < -0.4 is 10.6 Å². The number of hydrogen-bond acceptors (Lipinski definition) is 7. The third kappa shape index (κ3) is 5.37. The van der Waals surface area contributed by atoms with Crippen molar-refractivity contribution in [3.8, 4) is 0 Å². The van der Waals surface area contributed by atoms with Gasteiger partial charge in [-0.25, -0.2) is 14.6 Å². The number of benzene rings is 1. The van der Waals surface area contributed by atoms with Gasteiger partial charge in [0.1, 0.15) is 12.7 Å². The van der Waals surface area contributed by atoms with E-state index in [0.29, 0.717) is 28.8 Å². The molecule has 3 heterocycles. The lowest BCUT2D eigenvalue weighted by molar-refractivity contribution is -0.120. The summed E-state index contributed by atoms with van der Waals surface area (Å²) in [6.07, 6.45) is 3.32.